The van der Waals surface area contributed by atoms with Crippen molar-refractivity contribution in [3.8, 4) is 5.75 Å². The maximum Gasteiger partial charge on any atom is 0.345 e. The van der Waals surface area contributed by atoms with E-state index in [1.54, 1.807) is 30.3 Å². The summed E-state index contributed by atoms with van der Waals surface area (Å²) in [7, 11) is 0. The molecule has 0 N–H and O–H groups in total. The van der Waals surface area contributed by atoms with Crippen molar-refractivity contribution in [3.63, 3.8) is 0 Å². The highest BCUT2D eigenvalue weighted by Gasteiger charge is 2.13. The standard InChI is InChI=1S/C15H10Cl2O3/c1-9(18)10-2-5-12(6-3-10)20-15(19)13-7-4-11(16)8-14(13)17/h2-8H,1H3. The van der Waals surface area contributed by atoms with E-state index in [2.05, 4.69) is 0 Å². The molecule has 0 saturated heterocycles. The maximum absolute atomic E-state index is 11.9. The number of carbonyl (C=O) groups excluding carboxylic acids is 2. The number of Topliss-reactive ketones (excluding diaryl/α,β-unsaturated/α-hetero) is 1. The normalized spacial score (nSPS) is 10.2. The molecule has 0 aliphatic heterocycles. The summed E-state index contributed by atoms with van der Waals surface area (Å²) in [5.41, 5.74) is 0.779. The molecule has 0 atom stereocenters. The molecule has 0 aromatic heterocycles. The van der Waals surface area contributed by atoms with Gasteiger partial charge in [-0.25, -0.2) is 4.79 Å². The van der Waals surface area contributed by atoms with Crippen molar-refractivity contribution in [3.05, 3.63) is 63.6 Å². The number of hydrogen-bond acceptors (Lipinski definition) is 3. The first kappa shape index (κ1) is 14.6. The molecule has 0 aliphatic rings. The molecule has 0 fully saturated rings. The fourth-order valence-electron chi connectivity index (χ4n) is 1.57. The number of hydrogen-bond donors (Lipinski definition) is 0. The second-order valence-corrected chi connectivity index (χ2v) is 4.94. The molecule has 0 radical (unpaired) electrons. The Morgan fingerprint density at radius 1 is 1.00 bits per heavy atom. The van der Waals surface area contributed by atoms with Crippen molar-refractivity contribution in [1.29, 1.82) is 0 Å². The molecule has 5 heteroatoms. The fraction of sp³-hybridized carbons (Fsp3) is 0.0667. The minimum Gasteiger partial charge on any atom is -0.423 e. The van der Waals surface area contributed by atoms with Crippen LogP contribution in [0.2, 0.25) is 10.0 Å². The zero-order valence-corrected chi connectivity index (χ0v) is 12.0. The molecule has 102 valence electrons. The van der Waals surface area contributed by atoms with Gasteiger partial charge < -0.3 is 4.74 Å². The Labute approximate surface area is 126 Å². The second kappa shape index (κ2) is 6.07. The highest BCUT2D eigenvalue weighted by atomic mass is 35.5. The summed E-state index contributed by atoms with van der Waals surface area (Å²) in [5, 5.41) is 0.667. The first-order chi connectivity index (χ1) is 9.47. The maximum atomic E-state index is 11.9. The highest BCUT2D eigenvalue weighted by molar-refractivity contribution is 6.36. The number of carbonyl (C=O) groups is 2. The number of halogens is 2. The third-order valence-electron chi connectivity index (χ3n) is 2.62. The molecule has 0 amide bonds. The highest BCUT2D eigenvalue weighted by Crippen LogP contribution is 2.23. The number of rotatable bonds is 3. The first-order valence-electron chi connectivity index (χ1n) is 5.75. The summed E-state index contributed by atoms with van der Waals surface area (Å²) in [6.45, 7) is 1.47. The Morgan fingerprint density at radius 3 is 2.20 bits per heavy atom. The molecule has 0 bridgehead atoms. The summed E-state index contributed by atoms with van der Waals surface area (Å²) >= 11 is 11.7. The molecular weight excluding hydrogens is 299 g/mol. The number of benzene rings is 2. The van der Waals surface area contributed by atoms with Crippen LogP contribution in [0, 0.1) is 0 Å². The van der Waals surface area contributed by atoms with E-state index < -0.39 is 5.97 Å². The van der Waals surface area contributed by atoms with E-state index >= 15 is 0 Å². The van der Waals surface area contributed by atoms with E-state index in [0.717, 1.165) is 0 Å². The van der Waals surface area contributed by atoms with Gasteiger partial charge in [0.25, 0.3) is 0 Å². The zero-order valence-electron chi connectivity index (χ0n) is 10.5. The van der Waals surface area contributed by atoms with Crippen LogP contribution in [0.25, 0.3) is 0 Å². The van der Waals surface area contributed by atoms with Crippen molar-refractivity contribution in [2.45, 2.75) is 6.92 Å². The van der Waals surface area contributed by atoms with Crippen molar-refractivity contribution >= 4 is 35.0 Å². The Kier molecular flexibility index (Phi) is 4.42. The molecule has 0 heterocycles. The minimum atomic E-state index is -0.581. The van der Waals surface area contributed by atoms with Crippen LogP contribution in [-0.2, 0) is 0 Å². The minimum absolute atomic E-state index is 0.0522. The quantitative estimate of drug-likeness (QED) is 0.479. The lowest BCUT2D eigenvalue weighted by atomic mass is 10.1. The Hall–Kier alpha value is -1.84. The van der Waals surface area contributed by atoms with Crippen LogP contribution < -0.4 is 4.74 Å². The molecule has 0 spiro atoms. The van der Waals surface area contributed by atoms with Crippen LogP contribution in [0.15, 0.2) is 42.5 Å². The molecule has 0 unspecified atom stereocenters. The van der Waals surface area contributed by atoms with Crippen LogP contribution in [0.4, 0.5) is 0 Å². The SMILES string of the molecule is CC(=O)c1ccc(OC(=O)c2ccc(Cl)cc2Cl)cc1. The van der Waals surface area contributed by atoms with Crippen molar-refractivity contribution in [2.24, 2.45) is 0 Å². The van der Waals surface area contributed by atoms with Crippen LogP contribution in [0.3, 0.4) is 0 Å². The van der Waals surface area contributed by atoms with E-state index in [-0.39, 0.29) is 16.4 Å². The van der Waals surface area contributed by atoms with Crippen molar-refractivity contribution < 1.29 is 14.3 Å². The van der Waals surface area contributed by atoms with Gasteiger partial charge in [-0.1, -0.05) is 23.2 Å². The number of ketones is 1. The van der Waals surface area contributed by atoms with Gasteiger partial charge in [-0.2, -0.15) is 0 Å². The van der Waals surface area contributed by atoms with Crippen molar-refractivity contribution in [2.75, 3.05) is 0 Å². The largest absolute Gasteiger partial charge is 0.423 e. The molecule has 0 saturated carbocycles. The Balaban J connectivity index is 2.17. The van der Waals surface area contributed by atoms with E-state index in [1.807, 2.05) is 0 Å². The monoisotopic (exact) mass is 308 g/mol. The molecule has 3 nitrogen and oxygen atoms in total. The molecule has 2 aromatic rings. The van der Waals surface area contributed by atoms with Gasteiger partial charge in [0, 0.05) is 10.6 Å². The van der Waals surface area contributed by atoms with E-state index in [0.29, 0.717) is 16.3 Å². The third-order valence-corrected chi connectivity index (χ3v) is 3.17. The Morgan fingerprint density at radius 2 is 1.65 bits per heavy atom. The smallest absolute Gasteiger partial charge is 0.345 e. The summed E-state index contributed by atoms with van der Waals surface area (Å²) in [4.78, 5) is 23.1. The lowest BCUT2D eigenvalue weighted by molar-refractivity contribution is 0.0735. The average molecular weight is 309 g/mol. The zero-order chi connectivity index (χ0) is 14.7. The number of ether oxygens (including phenoxy) is 1. The van der Waals surface area contributed by atoms with Crippen LogP contribution >= 0.6 is 23.2 Å². The predicted molar refractivity (Wildman–Crippen MR) is 77.9 cm³/mol. The van der Waals surface area contributed by atoms with Gasteiger partial charge in [-0.05, 0) is 49.4 Å². The van der Waals surface area contributed by atoms with Gasteiger partial charge in [-0.3, -0.25) is 4.79 Å². The van der Waals surface area contributed by atoms with Gasteiger partial charge in [0.2, 0.25) is 0 Å². The molecule has 20 heavy (non-hydrogen) atoms. The fourth-order valence-corrected chi connectivity index (χ4v) is 2.06. The first-order valence-corrected chi connectivity index (χ1v) is 6.51. The molecular formula is C15H10Cl2O3. The molecule has 2 rings (SSSR count). The Bertz CT molecular complexity index is 663. The lowest BCUT2D eigenvalue weighted by Crippen LogP contribution is -2.09. The lowest BCUT2D eigenvalue weighted by Gasteiger charge is -2.06. The van der Waals surface area contributed by atoms with Crippen LogP contribution in [-0.4, -0.2) is 11.8 Å². The van der Waals surface area contributed by atoms with Gasteiger partial charge in [0.1, 0.15) is 5.75 Å². The van der Waals surface area contributed by atoms with Crippen LogP contribution in [0.5, 0.6) is 5.75 Å². The number of esters is 1. The van der Waals surface area contributed by atoms with Crippen LogP contribution in [0.1, 0.15) is 27.6 Å². The van der Waals surface area contributed by atoms with Crippen molar-refractivity contribution in [1.82, 2.24) is 0 Å². The van der Waals surface area contributed by atoms with Gasteiger partial charge in [0.15, 0.2) is 5.78 Å². The van der Waals surface area contributed by atoms with E-state index in [1.165, 1.54) is 19.1 Å². The summed E-state index contributed by atoms with van der Waals surface area (Å²) in [5.74, 6) is -0.295. The van der Waals surface area contributed by atoms with E-state index in [4.69, 9.17) is 27.9 Å². The third kappa shape index (κ3) is 3.38. The molecule has 0 aliphatic carbocycles. The topological polar surface area (TPSA) is 43.4 Å². The average Bonchev–Trinajstić information content (AvgIpc) is 2.39. The summed E-state index contributed by atoms with van der Waals surface area (Å²) < 4.78 is 5.18. The summed E-state index contributed by atoms with van der Waals surface area (Å²) in [6, 6.07) is 10.8. The van der Waals surface area contributed by atoms with Gasteiger partial charge in [-0.15, -0.1) is 0 Å². The van der Waals surface area contributed by atoms with Gasteiger partial charge >= 0.3 is 5.97 Å². The van der Waals surface area contributed by atoms with Gasteiger partial charge in [0.05, 0.1) is 10.6 Å². The molecule has 2 aromatic carbocycles. The van der Waals surface area contributed by atoms with E-state index in [9.17, 15) is 9.59 Å². The predicted octanol–water partition coefficient (Wildman–Crippen LogP) is 4.42. The summed E-state index contributed by atoms with van der Waals surface area (Å²) in [6.07, 6.45) is 0. The second-order valence-electron chi connectivity index (χ2n) is 4.09.